The average molecular weight is 478 g/mol. The van der Waals surface area contributed by atoms with E-state index in [2.05, 4.69) is 0 Å². The van der Waals surface area contributed by atoms with E-state index >= 15 is 0 Å². The molecule has 1 N–H and O–H groups in total. The zero-order valence-electron chi connectivity index (χ0n) is 17.3. The Morgan fingerprint density at radius 1 is 0.938 bits per heavy atom. The number of alkyl halides is 6. The minimum atomic E-state index is -4.99. The second-order valence-electron chi connectivity index (χ2n) is 7.68. The molecule has 174 valence electrons. The highest BCUT2D eigenvalue weighted by Gasteiger charge is 2.43. The molecule has 0 radical (unpaired) electrons. The molecule has 0 saturated heterocycles. The van der Waals surface area contributed by atoms with Crippen molar-refractivity contribution in [2.45, 2.75) is 50.6 Å². The smallest absolute Gasteiger partial charge is 0.346 e. The van der Waals surface area contributed by atoms with Crippen LogP contribution in [-0.2, 0) is 22.7 Å². The molecule has 0 aliphatic rings. The summed E-state index contributed by atoms with van der Waals surface area (Å²) in [7, 11) is -4.57. The lowest BCUT2D eigenvalue weighted by molar-refractivity contribution is -0.154. The number of hydrogen-bond acceptors (Lipinski definition) is 2. The molecular weight excluding hydrogens is 458 g/mol. The third-order valence-corrected chi connectivity index (χ3v) is 6.82. The summed E-state index contributed by atoms with van der Waals surface area (Å²) in [5, 5.41) is 0.298. The highest BCUT2D eigenvalue weighted by atomic mass is 32.2. The van der Waals surface area contributed by atoms with Gasteiger partial charge in [0.25, 0.3) is 0 Å². The van der Waals surface area contributed by atoms with Crippen LogP contribution in [0.5, 0.6) is 0 Å². The van der Waals surface area contributed by atoms with Gasteiger partial charge in [0.2, 0.25) is 10.0 Å². The fourth-order valence-corrected chi connectivity index (χ4v) is 5.43. The Morgan fingerprint density at radius 2 is 1.53 bits per heavy atom. The average Bonchev–Trinajstić information content (AvgIpc) is 3.00. The van der Waals surface area contributed by atoms with E-state index in [1.165, 1.54) is 26.1 Å². The number of sulfonamides is 1. The van der Waals surface area contributed by atoms with Crippen molar-refractivity contribution >= 4 is 20.9 Å². The number of hydrogen-bond donors (Lipinski definition) is 1. The van der Waals surface area contributed by atoms with E-state index in [-0.39, 0.29) is 21.5 Å². The molecule has 1 heterocycles. The van der Waals surface area contributed by atoms with Gasteiger partial charge in [-0.2, -0.15) is 31.1 Å². The Morgan fingerprint density at radius 3 is 2.06 bits per heavy atom. The van der Waals surface area contributed by atoms with Crippen molar-refractivity contribution in [3.63, 3.8) is 0 Å². The summed E-state index contributed by atoms with van der Waals surface area (Å²) in [6.07, 6.45) is -8.47. The Kier molecular flexibility index (Phi) is 6.11. The van der Waals surface area contributed by atoms with Crippen molar-refractivity contribution in [1.82, 2.24) is 9.29 Å². The molecule has 0 aliphatic carbocycles. The Balaban J connectivity index is 2.01. The van der Waals surface area contributed by atoms with Gasteiger partial charge in [0.05, 0.1) is 10.5 Å². The molecule has 4 nitrogen and oxygen atoms in total. The minimum absolute atomic E-state index is 0.0871. The predicted octanol–water partition coefficient (Wildman–Crippen LogP) is 5.49. The van der Waals surface area contributed by atoms with Gasteiger partial charge in [0.1, 0.15) is 6.04 Å². The number of aryl methyl sites for hydroxylation is 3. The van der Waals surface area contributed by atoms with Crippen LogP contribution in [0.1, 0.15) is 22.3 Å². The molecule has 0 spiro atoms. The largest absolute Gasteiger partial charge is 0.416 e. The number of rotatable bonds is 5. The zero-order valence-corrected chi connectivity index (χ0v) is 18.1. The molecule has 2 aromatic carbocycles. The van der Waals surface area contributed by atoms with E-state index in [4.69, 9.17) is 0 Å². The minimum Gasteiger partial charge on any atom is -0.346 e. The lowest BCUT2D eigenvalue weighted by atomic mass is 10.1. The van der Waals surface area contributed by atoms with Gasteiger partial charge in [-0.05, 0) is 55.5 Å². The Bertz CT molecular complexity index is 1240. The monoisotopic (exact) mass is 478 g/mol. The van der Waals surface area contributed by atoms with E-state index in [1.807, 2.05) is 0 Å². The van der Waals surface area contributed by atoms with Crippen LogP contribution in [0.25, 0.3) is 10.9 Å². The van der Waals surface area contributed by atoms with Crippen LogP contribution in [0.15, 0.2) is 47.5 Å². The maximum Gasteiger partial charge on any atom is 0.416 e. The van der Waals surface area contributed by atoms with Crippen LogP contribution in [-0.4, -0.2) is 25.2 Å². The first-order valence-corrected chi connectivity index (χ1v) is 10.9. The summed E-state index contributed by atoms with van der Waals surface area (Å²) in [5.41, 5.74) is 0.232. The SMILES string of the molecule is Cc1cc(C)c(S(=O)(=O)NC(Cn2ccc3ccc(C(F)(F)F)cc32)C(F)(F)F)c(C)c1. The molecule has 0 saturated carbocycles. The fourth-order valence-electron chi connectivity index (χ4n) is 3.76. The van der Waals surface area contributed by atoms with Gasteiger partial charge in [-0.15, -0.1) is 0 Å². The molecule has 1 aromatic heterocycles. The topological polar surface area (TPSA) is 51.1 Å². The lowest BCUT2D eigenvalue weighted by Crippen LogP contribution is -2.48. The Labute approximate surface area is 180 Å². The molecule has 3 rings (SSSR count). The van der Waals surface area contributed by atoms with Gasteiger partial charge >= 0.3 is 12.4 Å². The quantitative estimate of drug-likeness (QED) is 0.493. The predicted molar refractivity (Wildman–Crippen MR) is 108 cm³/mol. The maximum absolute atomic E-state index is 13.8. The van der Waals surface area contributed by atoms with Gasteiger partial charge in [0.15, 0.2) is 0 Å². The van der Waals surface area contributed by atoms with Crippen molar-refractivity contribution in [3.05, 3.63) is 64.8 Å². The zero-order chi connectivity index (χ0) is 24.1. The van der Waals surface area contributed by atoms with E-state index in [0.29, 0.717) is 5.39 Å². The summed E-state index contributed by atoms with van der Waals surface area (Å²) in [6.45, 7) is 3.76. The normalized spacial score (nSPS) is 14.2. The first-order chi connectivity index (χ1) is 14.6. The van der Waals surface area contributed by atoms with E-state index in [1.54, 1.807) is 23.8 Å². The standard InChI is InChI=1S/C21H20F6N2O2S/c1-12-8-13(2)19(14(3)9-12)32(30,31)28-18(21(25,26)27)11-29-7-6-15-4-5-16(10-17(15)29)20(22,23)24/h4-10,18,28H,11H2,1-3H3. The summed E-state index contributed by atoms with van der Waals surface area (Å²) in [6, 6.07) is 4.62. The van der Waals surface area contributed by atoms with Crippen molar-refractivity contribution < 1.29 is 34.8 Å². The van der Waals surface area contributed by atoms with E-state index < -0.39 is 40.5 Å². The maximum atomic E-state index is 13.8. The summed E-state index contributed by atoms with van der Waals surface area (Å²) in [5.74, 6) is 0. The molecule has 0 bridgehead atoms. The molecule has 32 heavy (non-hydrogen) atoms. The van der Waals surface area contributed by atoms with Gasteiger partial charge < -0.3 is 4.57 Å². The first kappa shape index (κ1) is 24.1. The van der Waals surface area contributed by atoms with Crippen LogP contribution < -0.4 is 4.72 Å². The molecule has 3 aromatic rings. The third-order valence-electron chi connectivity index (χ3n) is 5.05. The summed E-state index contributed by atoms with van der Waals surface area (Å²) < 4.78 is 109. The van der Waals surface area contributed by atoms with Crippen LogP contribution in [0.3, 0.4) is 0 Å². The molecule has 1 atom stereocenters. The van der Waals surface area contributed by atoms with Gasteiger partial charge in [-0.1, -0.05) is 23.8 Å². The van der Waals surface area contributed by atoms with Crippen molar-refractivity contribution in [2.75, 3.05) is 0 Å². The number of benzene rings is 2. The fraction of sp³-hybridized carbons (Fsp3) is 0.333. The molecule has 0 amide bonds. The van der Waals surface area contributed by atoms with Crippen molar-refractivity contribution in [2.24, 2.45) is 0 Å². The second kappa shape index (κ2) is 8.11. The van der Waals surface area contributed by atoms with Gasteiger partial charge in [-0.25, -0.2) is 8.42 Å². The number of aromatic nitrogens is 1. The molecular formula is C21H20F6N2O2S. The Hall–Kier alpha value is -2.53. The first-order valence-electron chi connectivity index (χ1n) is 9.42. The van der Waals surface area contributed by atoms with Gasteiger partial charge in [-0.3, -0.25) is 0 Å². The van der Waals surface area contributed by atoms with Crippen molar-refractivity contribution in [1.29, 1.82) is 0 Å². The van der Waals surface area contributed by atoms with Crippen molar-refractivity contribution in [3.8, 4) is 0 Å². The molecule has 0 aliphatic heterocycles. The second-order valence-corrected chi connectivity index (χ2v) is 9.33. The van der Waals surface area contributed by atoms with Crippen LogP contribution in [0.2, 0.25) is 0 Å². The number of halogens is 6. The highest BCUT2D eigenvalue weighted by Crippen LogP contribution is 2.33. The number of fused-ring (bicyclic) bond motifs is 1. The van der Waals surface area contributed by atoms with Gasteiger partial charge in [0, 0.05) is 18.3 Å². The lowest BCUT2D eigenvalue weighted by Gasteiger charge is -2.24. The third kappa shape index (κ3) is 4.93. The highest BCUT2D eigenvalue weighted by molar-refractivity contribution is 7.89. The molecule has 1 unspecified atom stereocenters. The summed E-state index contributed by atoms with van der Waals surface area (Å²) >= 11 is 0. The van der Waals surface area contributed by atoms with Crippen LogP contribution in [0.4, 0.5) is 26.3 Å². The number of nitrogens with zero attached hydrogens (tertiary/aromatic N) is 1. The molecule has 0 fully saturated rings. The van der Waals surface area contributed by atoms with E-state index in [9.17, 15) is 34.8 Å². The number of nitrogens with one attached hydrogen (secondary N) is 1. The van der Waals surface area contributed by atoms with E-state index in [0.717, 1.165) is 28.3 Å². The molecule has 11 heteroatoms. The van der Waals surface area contributed by atoms with Crippen LogP contribution >= 0.6 is 0 Å². The van der Waals surface area contributed by atoms with Crippen LogP contribution in [0, 0.1) is 20.8 Å². The summed E-state index contributed by atoms with van der Waals surface area (Å²) in [4.78, 5) is -0.255.